The van der Waals surface area contributed by atoms with Crippen LogP contribution < -0.4 is 0 Å². The van der Waals surface area contributed by atoms with Crippen LogP contribution in [0.2, 0.25) is 0 Å². The van der Waals surface area contributed by atoms with Crippen molar-refractivity contribution in [2.24, 2.45) is 0 Å². The van der Waals surface area contributed by atoms with E-state index in [4.69, 9.17) is 0 Å². The maximum Gasteiger partial charge on any atom is 0 e. The zero-order chi connectivity index (χ0) is 0. The molecule has 51 valence electrons. The molecule has 0 nitrogen and oxygen atoms in total. The molecule has 0 heterocycles. The first-order valence-corrected chi connectivity index (χ1v) is 0. The van der Waals surface area contributed by atoms with Gasteiger partial charge in [0.15, 0.2) is 0 Å². The fourth-order valence-electron chi connectivity index (χ4n) is 0. The van der Waals surface area contributed by atoms with Crippen molar-refractivity contribution in [3.8, 4) is 0 Å². The van der Waals surface area contributed by atoms with Gasteiger partial charge in [0, 0.05) is 22.4 Å². The second-order valence-electron chi connectivity index (χ2n) is 0. The predicted octanol–water partition coefficient (Wildman–Crippen LogP) is 2.89. The molecule has 0 N–H and O–H groups in total. The molecule has 0 aromatic carbocycles. The van der Waals surface area contributed by atoms with Crippen LogP contribution in [0.3, 0.4) is 0 Å². The fourth-order valence-corrected chi connectivity index (χ4v) is 0. The van der Waals surface area contributed by atoms with E-state index >= 15 is 0 Å². The van der Waals surface area contributed by atoms with E-state index in [1.807, 2.05) is 0 Å². The number of halogens is 5. The molecule has 6 heteroatoms. The van der Waals surface area contributed by atoms with Crippen LogP contribution >= 0.6 is 84.9 Å². The molecule has 0 aromatic heterocycles. The molecule has 0 bridgehead atoms. The van der Waals surface area contributed by atoms with E-state index in [0.29, 0.717) is 0 Å². The quantitative estimate of drug-likeness (QED) is 0.438. The summed E-state index contributed by atoms with van der Waals surface area (Å²) in [4.78, 5) is 0. The SMILES string of the molecule is Br.Br.Br.Br.Br.[Ag]. The molecule has 0 fully saturated rings. The Kier molecular flexibility index (Phi) is 431. The topological polar surface area (TPSA) is 0 Å². The van der Waals surface area contributed by atoms with Gasteiger partial charge in [-0.25, -0.2) is 0 Å². The van der Waals surface area contributed by atoms with Gasteiger partial charge in [0.1, 0.15) is 0 Å². The van der Waals surface area contributed by atoms with Gasteiger partial charge in [0.25, 0.3) is 0 Å². The van der Waals surface area contributed by atoms with Gasteiger partial charge < -0.3 is 0 Å². The van der Waals surface area contributed by atoms with Gasteiger partial charge in [-0.3, -0.25) is 0 Å². The van der Waals surface area contributed by atoms with E-state index in [-0.39, 0.29) is 107 Å². The molecule has 0 unspecified atom stereocenters. The van der Waals surface area contributed by atoms with Crippen LogP contribution in [0.4, 0.5) is 0 Å². The van der Waals surface area contributed by atoms with Crippen molar-refractivity contribution >= 4 is 84.9 Å². The standard InChI is InChI=1S/Ag.5BrH/h;5*1H. The maximum atomic E-state index is 0. The smallest absolute Gasteiger partial charge is 0 e. The molecule has 0 amide bonds. The summed E-state index contributed by atoms with van der Waals surface area (Å²) in [5, 5.41) is 0. The third-order valence-corrected chi connectivity index (χ3v) is 0. The number of rotatable bonds is 0. The zero-order valence-electron chi connectivity index (χ0n) is 2.34. The molecule has 0 atom stereocenters. The first-order valence-electron chi connectivity index (χ1n) is 0. The van der Waals surface area contributed by atoms with Crippen LogP contribution in [0.1, 0.15) is 0 Å². The first kappa shape index (κ1) is 61.4. The Morgan fingerprint density at radius 3 is 0.333 bits per heavy atom. The summed E-state index contributed by atoms with van der Waals surface area (Å²) in [6.07, 6.45) is 0. The van der Waals surface area contributed by atoms with Crippen LogP contribution in [0, 0.1) is 0 Å². The van der Waals surface area contributed by atoms with Crippen molar-refractivity contribution in [3.63, 3.8) is 0 Å². The van der Waals surface area contributed by atoms with Gasteiger partial charge in [-0.1, -0.05) is 0 Å². The van der Waals surface area contributed by atoms with Crippen molar-refractivity contribution in [3.05, 3.63) is 0 Å². The average molecular weight is 512 g/mol. The normalized spacial score (nSPS) is 0. The fraction of sp³-hybridized carbons (Fsp3) is 0. The zero-order valence-corrected chi connectivity index (χ0v) is 12.4. The first-order chi connectivity index (χ1) is 0. The van der Waals surface area contributed by atoms with E-state index in [9.17, 15) is 0 Å². The van der Waals surface area contributed by atoms with Crippen molar-refractivity contribution in [2.45, 2.75) is 0 Å². The summed E-state index contributed by atoms with van der Waals surface area (Å²) < 4.78 is 0. The third kappa shape index (κ3) is 27.3. The summed E-state index contributed by atoms with van der Waals surface area (Å²) in [7, 11) is 0. The average Bonchev–Trinajstić information content (AvgIpc) is 0. The third-order valence-electron chi connectivity index (χ3n) is 0. The largest absolute Gasteiger partial charge is 0.114 e. The molecule has 0 spiro atoms. The van der Waals surface area contributed by atoms with Crippen LogP contribution in [0.25, 0.3) is 0 Å². The van der Waals surface area contributed by atoms with Gasteiger partial charge in [-0.05, 0) is 0 Å². The summed E-state index contributed by atoms with van der Waals surface area (Å²) in [5.41, 5.74) is 0. The Hall–Kier alpha value is 3.14. The molecular formula is H5AgBr5. The summed E-state index contributed by atoms with van der Waals surface area (Å²) in [5.74, 6) is 0. The minimum Gasteiger partial charge on any atom is -0.114 e. The molecule has 0 saturated heterocycles. The van der Waals surface area contributed by atoms with E-state index in [2.05, 4.69) is 0 Å². The monoisotopic (exact) mass is 507 g/mol. The van der Waals surface area contributed by atoms with Crippen LogP contribution in [0.15, 0.2) is 0 Å². The van der Waals surface area contributed by atoms with Gasteiger partial charge >= 0.3 is 0 Å². The molecule has 6 heavy (non-hydrogen) atoms. The Balaban J connectivity index is 0. The maximum absolute atomic E-state index is 0. The van der Waals surface area contributed by atoms with Gasteiger partial charge in [0.2, 0.25) is 0 Å². The molecule has 0 saturated carbocycles. The van der Waals surface area contributed by atoms with Gasteiger partial charge in [-0.2, -0.15) is 0 Å². The minimum absolute atomic E-state index is 0. The number of hydrogen-bond acceptors (Lipinski definition) is 0. The molecular weight excluding hydrogens is 507 g/mol. The van der Waals surface area contributed by atoms with E-state index in [0.717, 1.165) is 0 Å². The van der Waals surface area contributed by atoms with E-state index in [1.165, 1.54) is 0 Å². The van der Waals surface area contributed by atoms with Crippen molar-refractivity contribution < 1.29 is 22.4 Å². The molecule has 1 radical (unpaired) electrons. The molecule has 0 aliphatic rings. The predicted molar refractivity (Wildman–Crippen MR) is 51.6 cm³/mol. The Bertz CT molecular complexity index is 3.90. The molecule has 0 aliphatic heterocycles. The second-order valence-corrected chi connectivity index (χ2v) is 0. The Morgan fingerprint density at radius 2 is 0.333 bits per heavy atom. The Morgan fingerprint density at radius 1 is 0.333 bits per heavy atom. The molecule has 0 aromatic rings. The summed E-state index contributed by atoms with van der Waals surface area (Å²) in [6, 6.07) is 0. The Labute approximate surface area is 106 Å². The summed E-state index contributed by atoms with van der Waals surface area (Å²) >= 11 is 0. The van der Waals surface area contributed by atoms with Gasteiger partial charge in [0.05, 0.1) is 0 Å². The van der Waals surface area contributed by atoms with Crippen LogP contribution in [-0.4, -0.2) is 0 Å². The van der Waals surface area contributed by atoms with Crippen molar-refractivity contribution in [2.75, 3.05) is 0 Å². The molecule has 0 rings (SSSR count). The molecule has 0 aliphatic carbocycles. The van der Waals surface area contributed by atoms with Crippen LogP contribution in [0.5, 0.6) is 0 Å². The van der Waals surface area contributed by atoms with E-state index < -0.39 is 0 Å². The van der Waals surface area contributed by atoms with Crippen LogP contribution in [-0.2, 0) is 22.4 Å². The summed E-state index contributed by atoms with van der Waals surface area (Å²) in [6.45, 7) is 0. The minimum atomic E-state index is 0. The van der Waals surface area contributed by atoms with Crippen molar-refractivity contribution in [1.29, 1.82) is 0 Å². The van der Waals surface area contributed by atoms with Gasteiger partial charge in [-0.15, -0.1) is 84.9 Å². The van der Waals surface area contributed by atoms with E-state index in [1.54, 1.807) is 0 Å². The van der Waals surface area contributed by atoms with Crippen molar-refractivity contribution in [1.82, 2.24) is 0 Å². The second kappa shape index (κ2) is 42.1. The number of hydrogen-bond donors (Lipinski definition) is 0.